The van der Waals surface area contributed by atoms with Crippen molar-refractivity contribution in [2.45, 2.75) is 6.92 Å². The molecule has 23 heavy (non-hydrogen) atoms. The van der Waals surface area contributed by atoms with Crippen LogP contribution >= 0.6 is 0 Å². The molecule has 0 aliphatic rings. The molecule has 2 rings (SSSR count). The van der Waals surface area contributed by atoms with E-state index in [4.69, 9.17) is 4.74 Å². The Labute approximate surface area is 136 Å². The van der Waals surface area contributed by atoms with Crippen LogP contribution in [0.15, 0.2) is 48.5 Å². The zero-order valence-electron chi connectivity index (χ0n) is 13.9. The average Bonchev–Trinajstić information content (AvgIpc) is 2.56. The van der Waals surface area contributed by atoms with E-state index in [0.29, 0.717) is 11.3 Å². The van der Waals surface area contributed by atoms with Crippen LogP contribution in [0, 0.1) is 0 Å². The first-order valence-corrected chi connectivity index (χ1v) is 7.33. The molecule has 0 fully saturated rings. The second-order valence-electron chi connectivity index (χ2n) is 5.34. The first-order chi connectivity index (χ1) is 11.0. The van der Waals surface area contributed by atoms with E-state index in [1.165, 1.54) is 0 Å². The highest BCUT2D eigenvalue weighted by molar-refractivity contribution is 6.06. The molecule has 0 unspecified atom stereocenters. The maximum absolute atomic E-state index is 12.3. The molecule has 0 aliphatic carbocycles. The van der Waals surface area contributed by atoms with Crippen molar-refractivity contribution in [3.8, 4) is 5.75 Å². The van der Waals surface area contributed by atoms with Crippen molar-refractivity contribution in [2.24, 2.45) is 0 Å². The zero-order valence-corrected chi connectivity index (χ0v) is 13.9. The van der Waals surface area contributed by atoms with Gasteiger partial charge < -0.3 is 10.1 Å². The van der Waals surface area contributed by atoms with Crippen LogP contribution in [0.25, 0.3) is 0 Å². The summed E-state index contributed by atoms with van der Waals surface area (Å²) in [6, 6.07) is 14.7. The summed E-state index contributed by atoms with van der Waals surface area (Å²) in [4.78, 5) is 12.3. The van der Waals surface area contributed by atoms with Crippen LogP contribution < -0.4 is 15.4 Å². The van der Waals surface area contributed by atoms with Gasteiger partial charge in [-0.1, -0.05) is 12.1 Å². The molecular weight excluding hydrogens is 290 g/mol. The lowest BCUT2D eigenvalue weighted by Crippen LogP contribution is -2.18. The van der Waals surface area contributed by atoms with Crippen molar-refractivity contribution in [1.29, 1.82) is 0 Å². The molecule has 2 N–H and O–H groups in total. The Morgan fingerprint density at radius 3 is 2.09 bits per heavy atom. The lowest BCUT2D eigenvalue weighted by molar-refractivity contribution is -0.464. The number of benzene rings is 2. The number of hydrogen-bond donors (Lipinski definition) is 2. The van der Waals surface area contributed by atoms with Crippen molar-refractivity contribution in [2.75, 3.05) is 31.8 Å². The number of amides is 1. The summed E-state index contributed by atoms with van der Waals surface area (Å²) < 4.78 is 7.21. The highest BCUT2D eigenvalue weighted by atomic mass is 16.5. The van der Waals surface area contributed by atoms with E-state index < -0.39 is 0 Å². The molecule has 0 saturated carbocycles. The molecule has 0 radical (unpaired) electrons. The number of ether oxygens (including phenoxy) is 1. The molecule has 5 heteroatoms. The van der Waals surface area contributed by atoms with Gasteiger partial charge in [0, 0.05) is 12.6 Å². The highest BCUT2D eigenvalue weighted by Crippen LogP contribution is 2.20. The van der Waals surface area contributed by atoms with Crippen molar-refractivity contribution < 1.29 is 14.1 Å². The number of methoxy groups -OCH3 is 1. The Balaban J connectivity index is 2.09. The van der Waals surface area contributed by atoms with Crippen LogP contribution in [0.5, 0.6) is 5.75 Å². The number of hydrogen-bond acceptors (Lipinski definition) is 2. The fourth-order valence-corrected chi connectivity index (χ4v) is 1.99. The largest absolute Gasteiger partial charge is 0.496 e. The van der Waals surface area contributed by atoms with Crippen LogP contribution in [-0.2, 0) is 0 Å². The number of carbonyl (C=O) groups excluding carboxylic acids is 1. The van der Waals surface area contributed by atoms with E-state index in [1.54, 1.807) is 19.2 Å². The summed E-state index contributed by atoms with van der Waals surface area (Å²) in [5.74, 6) is 1.40. The second-order valence-corrected chi connectivity index (χ2v) is 5.34. The summed E-state index contributed by atoms with van der Waals surface area (Å²) in [7, 11) is 5.50. The van der Waals surface area contributed by atoms with Gasteiger partial charge in [0.05, 0.1) is 26.8 Å². The maximum Gasteiger partial charge on any atom is 0.259 e. The van der Waals surface area contributed by atoms with Crippen LogP contribution in [-0.4, -0.2) is 37.5 Å². The Morgan fingerprint density at radius 1 is 0.957 bits per heavy atom. The fraction of sp³-hybridized carbons (Fsp3) is 0.222. The molecular formula is C18H22N3O2+. The number of nitrogens with one attached hydrogen (secondary N) is 2. The minimum Gasteiger partial charge on any atom is -0.496 e. The predicted octanol–water partition coefficient (Wildman–Crippen LogP) is 3.05. The lowest BCUT2D eigenvalue weighted by Gasteiger charge is -2.09. The Hall–Kier alpha value is -2.82. The smallest absolute Gasteiger partial charge is 0.259 e. The van der Waals surface area contributed by atoms with Crippen LogP contribution in [0.4, 0.5) is 11.4 Å². The third-order valence-corrected chi connectivity index (χ3v) is 3.49. The third kappa shape index (κ3) is 4.32. The monoisotopic (exact) mass is 312 g/mol. The predicted molar refractivity (Wildman–Crippen MR) is 93.8 cm³/mol. The van der Waals surface area contributed by atoms with Crippen molar-refractivity contribution in [3.63, 3.8) is 0 Å². The average molecular weight is 312 g/mol. The first kappa shape index (κ1) is 16.5. The van der Waals surface area contributed by atoms with E-state index in [1.807, 2.05) is 62.0 Å². The summed E-state index contributed by atoms with van der Waals surface area (Å²) in [5.41, 5.74) is 2.20. The van der Waals surface area contributed by atoms with Crippen LogP contribution in [0.1, 0.15) is 17.3 Å². The van der Waals surface area contributed by atoms with Crippen LogP contribution in [0.2, 0.25) is 0 Å². The van der Waals surface area contributed by atoms with Gasteiger partial charge in [0.25, 0.3) is 5.91 Å². The van der Waals surface area contributed by atoms with Gasteiger partial charge in [-0.05, 0) is 36.4 Å². The summed E-state index contributed by atoms with van der Waals surface area (Å²) in [6.07, 6.45) is 0. The van der Waals surface area contributed by atoms with Gasteiger partial charge in [-0.2, -0.15) is 0 Å². The van der Waals surface area contributed by atoms with Gasteiger partial charge in [0.15, 0.2) is 0 Å². The maximum atomic E-state index is 12.3. The minimum atomic E-state index is -0.195. The Bertz CT molecular complexity index is 717. The van der Waals surface area contributed by atoms with E-state index in [0.717, 1.165) is 17.2 Å². The van der Waals surface area contributed by atoms with Crippen molar-refractivity contribution >= 4 is 23.1 Å². The number of anilines is 2. The van der Waals surface area contributed by atoms with E-state index >= 15 is 0 Å². The zero-order chi connectivity index (χ0) is 16.8. The normalized spacial score (nSPS) is 9.91. The molecule has 0 saturated heterocycles. The number of carbonyl (C=O) groups is 1. The Morgan fingerprint density at radius 2 is 1.52 bits per heavy atom. The highest BCUT2D eigenvalue weighted by Gasteiger charge is 2.11. The van der Waals surface area contributed by atoms with Crippen molar-refractivity contribution in [1.82, 2.24) is 0 Å². The molecule has 0 aliphatic heterocycles. The second kappa shape index (κ2) is 7.45. The molecule has 0 aromatic heterocycles. The van der Waals surface area contributed by atoms with Gasteiger partial charge in [0.1, 0.15) is 11.4 Å². The molecule has 1 amide bonds. The molecule has 0 spiro atoms. The fourth-order valence-electron chi connectivity index (χ4n) is 1.99. The Kier molecular flexibility index (Phi) is 5.36. The summed E-state index contributed by atoms with van der Waals surface area (Å²) >= 11 is 0. The molecule has 0 heterocycles. The van der Waals surface area contributed by atoms with Gasteiger partial charge in [-0.25, -0.2) is 5.32 Å². The number of rotatable bonds is 4. The van der Waals surface area contributed by atoms with Crippen molar-refractivity contribution in [3.05, 3.63) is 54.1 Å². The quantitative estimate of drug-likeness (QED) is 0.518. The summed E-state index contributed by atoms with van der Waals surface area (Å²) in [5, 5.41) is 6.15. The van der Waals surface area contributed by atoms with Gasteiger partial charge in [-0.3, -0.25) is 9.37 Å². The van der Waals surface area contributed by atoms with Crippen LogP contribution in [0.3, 0.4) is 0 Å². The molecule has 0 atom stereocenters. The topological polar surface area (TPSA) is 53.4 Å². The van der Waals surface area contributed by atoms with E-state index in [2.05, 4.69) is 10.6 Å². The number of para-hydroxylation sites is 1. The molecule has 2 aromatic rings. The third-order valence-electron chi connectivity index (χ3n) is 3.49. The first-order valence-electron chi connectivity index (χ1n) is 7.33. The van der Waals surface area contributed by atoms with Gasteiger partial charge >= 0.3 is 0 Å². The molecule has 0 bridgehead atoms. The van der Waals surface area contributed by atoms with E-state index in [9.17, 15) is 4.79 Å². The molecule has 5 nitrogen and oxygen atoms in total. The summed E-state index contributed by atoms with van der Waals surface area (Å²) in [6.45, 7) is 2.00. The minimum absolute atomic E-state index is 0.195. The lowest BCUT2D eigenvalue weighted by atomic mass is 10.2. The number of nitrogens with zero attached hydrogens (tertiary/aromatic N) is 1. The van der Waals surface area contributed by atoms with E-state index in [-0.39, 0.29) is 5.91 Å². The number of amidine groups is 1. The molecule has 120 valence electrons. The SMILES string of the molecule is COc1ccccc1C(=O)Nc1ccc(NC(C)=[N+](C)C)cc1. The van der Waals surface area contributed by atoms with Gasteiger partial charge in [0.2, 0.25) is 5.84 Å². The van der Waals surface area contributed by atoms with Gasteiger partial charge in [-0.15, -0.1) is 0 Å². The standard InChI is InChI=1S/C18H21N3O2/c1-13(21(2)3)19-14-9-11-15(12-10-14)20-18(22)16-7-5-6-8-17(16)23-4/h5-12H,1-4H3,(H,20,22)/p+1. The molecule has 2 aromatic carbocycles.